The molecule has 2 aliphatic rings. The second kappa shape index (κ2) is 1.95. The highest BCUT2D eigenvalue weighted by Crippen LogP contribution is 2.33. The third-order valence-electron chi connectivity index (χ3n) is 1.90. The lowest BCUT2D eigenvalue weighted by Crippen LogP contribution is -2.22. The van der Waals surface area contributed by atoms with Gasteiger partial charge in [0.15, 0.2) is 11.4 Å². The Bertz CT molecular complexity index is 259. The number of hydrogen-bond donors (Lipinski definition) is 0. The normalized spacial score (nSPS) is 33.9. The lowest BCUT2D eigenvalue weighted by Gasteiger charge is -2.08. The van der Waals surface area contributed by atoms with Crippen molar-refractivity contribution < 1.29 is 14.3 Å². The van der Waals surface area contributed by atoms with Gasteiger partial charge < -0.3 is 9.47 Å². The summed E-state index contributed by atoms with van der Waals surface area (Å²) in [6, 6.07) is 0. The molecule has 0 aromatic rings. The van der Waals surface area contributed by atoms with Gasteiger partial charge in [0, 0.05) is 6.08 Å². The Morgan fingerprint density at radius 1 is 1.73 bits per heavy atom. The zero-order valence-corrected chi connectivity index (χ0v) is 6.16. The number of methoxy groups -OCH3 is 1. The number of allylic oxidation sites excluding steroid dienone is 1. The molecule has 0 aromatic heterocycles. The summed E-state index contributed by atoms with van der Waals surface area (Å²) >= 11 is 0. The number of carbonyl (C=O) groups is 1. The maximum absolute atomic E-state index is 11.2. The molecular formula is C8H8O3. The van der Waals surface area contributed by atoms with Crippen molar-refractivity contribution in [3.63, 3.8) is 0 Å². The molecular weight excluding hydrogens is 144 g/mol. The molecule has 0 bridgehead atoms. The molecule has 1 atom stereocenters. The monoisotopic (exact) mass is 152 g/mol. The number of ketones is 1. The van der Waals surface area contributed by atoms with Crippen LogP contribution < -0.4 is 0 Å². The van der Waals surface area contributed by atoms with Crippen molar-refractivity contribution in [2.75, 3.05) is 13.7 Å². The first-order valence-corrected chi connectivity index (χ1v) is 3.40. The van der Waals surface area contributed by atoms with Crippen molar-refractivity contribution in [3.8, 4) is 0 Å². The van der Waals surface area contributed by atoms with Crippen molar-refractivity contribution in [3.05, 3.63) is 24.0 Å². The molecule has 1 aliphatic heterocycles. The van der Waals surface area contributed by atoms with Crippen molar-refractivity contribution in [1.82, 2.24) is 0 Å². The van der Waals surface area contributed by atoms with E-state index >= 15 is 0 Å². The summed E-state index contributed by atoms with van der Waals surface area (Å²) in [6.45, 7) is 0.510. The first-order chi connectivity index (χ1) is 5.27. The van der Waals surface area contributed by atoms with Gasteiger partial charge in [-0.05, 0) is 12.2 Å². The van der Waals surface area contributed by atoms with Gasteiger partial charge in [-0.3, -0.25) is 4.79 Å². The molecule has 0 aromatic carbocycles. The van der Waals surface area contributed by atoms with Crippen LogP contribution in [0, 0.1) is 0 Å². The van der Waals surface area contributed by atoms with Crippen LogP contribution in [-0.4, -0.2) is 25.1 Å². The number of hydrogen-bond acceptors (Lipinski definition) is 3. The zero-order valence-electron chi connectivity index (χ0n) is 6.16. The lowest BCUT2D eigenvalue weighted by molar-refractivity contribution is -0.118. The fourth-order valence-electron chi connectivity index (χ4n) is 1.04. The minimum atomic E-state index is -0.609. The van der Waals surface area contributed by atoms with Crippen LogP contribution in [-0.2, 0) is 14.3 Å². The molecule has 3 heteroatoms. The Balaban J connectivity index is 2.25. The minimum absolute atomic E-state index is 0.0168. The molecule has 1 fully saturated rings. The summed E-state index contributed by atoms with van der Waals surface area (Å²) in [5.41, 5.74) is -0.609. The van der Waals surface area contributed by atoms with Crippen LogP contribution in [0.5, 0.6) is 0 Å². The zero-order chi connectivity index (χ0) is 7.90. The SMILES string of the molecule is COC1=CC(=O)[C@]2(C=C1)CO2. The number of carbonyl (C=O) groups excluding carboxylic acids is 1. The van der Waals surface area contributed by atoms with Gasteiger partial charge in [0.2, 0.25) is 0 Å². The topological polar surface area (TPSA) is 38.8 Å². The lowest BCUT2D eigenvalue weighted by atomic mass is 10.00. The molecule has 1 heterocycles. The Labute approximate surface area is 64.3 Å². The summed E-state index contributed by atoms with van der Waals surface area (Å²) in [5, 5.41) is 0. The highest BCUT2D eigenvalue weighted by Gasteiger charge is 2.50. The molecule has 0 amide bonds. The molecule has 2 rings (SSSR count). The molecule has 1 saturated heterocycles. The van der Waals surface area contributed by atoms with Crippen LogP contribution in [0.3, 0.4) is 0 Å². The maximum atomic E-state index is 11.2. The fraction of sp³-hybridized carbons (Fsp3) is 0.375. The Morgan fingerprint density at radius 3 is 2.91 bits per heavy atom. The maximum Gasteiger partial charge on any atom is 0.197 e. The van der Waals surface area contributed by atoms with E-state index in [0.717, 1.165) is 0 Å². The molecule has 11 heavy (non-hydrogen) atoms. The summed E-state index contributed by atoms with van der Waals surface area (Å²) in [5.74, 6) is 0.577. The van der Waals surface area contributed by atoms with Crippen molar-refractivity contribution >= 4 is 5.78 Å². The molecule has 1 spiro atoms. The van der Waals surface area contributed by atoms with Gasteiger partial charge in [-0.25, -0.2) is 0 Å². The smallest absolute Gasteiger partial charge is 0.197 e. The van der Waals surface area contributed by atoms with Crippen molar-refractivity contribution in [1.29, 1.82) is 0 Å². The predicted octanol–water partition coefficient (Wildman–Crippen LogP) is 0.425. The first kappa shape index (κ1) is 6.61. The van der Waals surface area contributed by atoms with E-state index in [0.29, 0.717) is 12.4 Å². The van der Waals surface area contributed by atoms with Crippen molar-refractivity contribution in [2.24, 2.45) is 0 Å². The number of ether oxygens (including phenoxy) is 2. The molecule has 58 valence electrons. The Morgan fingerprint density at radius 2 is 2.45 bits per heavy atom. The molecule has 0 saturated carbocycles. The van der Waals surface area contributed by atoms with Gasteiger partial charge in [-0.1, -0.05) is 0 Å². The van der Waals surface area contributed by atoms with E-state index in [9.17, 15) is 4.79 Å². The molecule has 3 nitrogen and oxygen atoms in total. The molecule has 0 N–H and O–H groups in total. The molecule has 1 aliphatic carbocycles. The van der Waals surface area contributed by atoms with E-state index in [2.05, 4.69) is 0 Å². The van der Waals surface area contributed by atoms with E-state index in [-0.39, 0.29) is 5.78 Å². The summed E-state index contributed by atoms with van der Waals surface area (Å²) in [6.07, 6.45) is 4.97. The average Bonchev–Trinajstić information content (AvgIpc) is 2.77. The van der Waals surface area contributed by atoms with Gasteiger partial charge in [0.05, 0.1) is 13.7 Å². The van der Waals surface area contributed by atoms with E-state index < -0.39 is 5.60 Å². The second-order valence-electron chi connectivity index (χ2n) is 2.63. The predicted molar refractivity (Wildman–Crippen MR) is 37.9 cm³/mol. The Kier molecular flexibility index (Phi) is 1.17. The van der Waals surface area contributed by atoms with E-state index in [1.54, 1.807) is 12.2 Å². The van der Waals surface area contributed by atoms with Crippen LogP contribution in [0.2, 0.25) is 0 Å². The van der Waals surface area contributed by atoms with Crippen LogP contribution >= 0.6 is 0 Å². The third kappa shape index (κ3) is 0.886. The fourth-order valence-corrected chi connectivity index (χ4v) is 1.04. The van der Waals surface area contributed by atoms with Crippen LogP contribution in [0.1, 0.15) is 0 Å². The van der Waals surface area contributed by atoms with Gasteiger partial charge in [0.25, 0.3) is 0 Å². The average molecular weight is 152 g/mol. The minimum Gasteiger partial charge on any atom is -0.497 e. The van der Waals surface area contributed by atoms with Gasteiger partial charge >= 0.3 is 0 Å². The van der Waals surface area contributed by atoms with E-state index in [4.69, 9.17) is 9.47 Å². The quantitative estimate of drug-likeness (QED) is 0.511. The van der Waals surface area contributed by atoms with Crippen LogP contribution in [0.4, 0.5) is 0 Å². The number of rotatable bonds is 1. The van der Waals surface area contributed by atoms with Crippen LogP contribution in [0.25, 0.3) is 0 Å². The second-order valence-corrected chi connectivity index (χ2v) is 2.63. The summed E-state index contributed by atoms with van der Waals surface area (Å²) in [7, 11) is 1.54. The highest BCUT2D eigenvalue weighted by molar-refractivity contribution is 6.02. The number of epoxide rings is 1. The largest absolute Gasteiger partial charge is 0.497 e. The highest BCUT2D eigenvalue weighted by atomic mass is 16.6. The van der Waals surface area contributed by atoms with E-state index in [1.807, 2.05) is 0 Å². The van der Waals surface area contributed by atoms with E-state index in [1.165, 1.54) is 13.2 Å². The summed E-state index contributed by atoms with van der Waals surface area (Å²) in [4.78, 5) is 11.2. The van der Waals surface area contributed by atoms with Gasteiger partial charge in [-0.2, -0.15) is 0 Å². The third-order valence-corrected chi connectivity index (χ3v) is 1.90. The summed E-state index contributed by atoms with van der Waals surface area (Å²) < 4.78 is 9.89. The van der Waals surface area contributed by atoms with Gasteiger partial charge in [0.1, 0.15) is 5.76 Å². The molecule has 0 radical (unpaired) electrons. The van der Waals surface area contributed by atoms with Crippen molar-refractivity contribution in [2.45, 2.75) is 5.60 Å². The standard InChI is InChI=1S/C8H8O3/c1-10-6-2-3-8(5-11-8)7(9)4-6/h2-4H,5H2,1H3/t8-/m0/s1. The van der Waals surface area contributed by atoms with Crippen LogP contribution in [0.15, 0.2) is 24.0 Å². The molecule has 0 unspecified atom stereocenters. The van der Waals surface area contributed by atoms with Gasteiger partial charge in [-0.15, -0.1) is 0 Å². The Hall–Kier alpha value is -1.09. The first-order valence-electron chi connectivity index (χ1n) is 3.40.